The summed E-state index contributed by atoms with van der Waals surface area (Å²) in [6.07, 6.45) is 0.761. The molecule has 0 aliphatic heterocycles. The number of ether oxygens (including phenoxy) is 1. The first kappa shape index (κ1) is 13.9. The van der Waals surface area contributed by atoms with Crippen molar-refractivity contribution in [2.75, 3.05) is 7.11 Å². The number of methoxy groups -OCH3 is 1. The molecule has 2 rings (SSSR count). The second kappa shape index (κ2) is 6.09. The van der Waals surface area contributed by atoms with Gasteiger partial charge in [0.15, 0.2) is 0 Å². The van der Waals surface area contributed by atoms with Crippen LogP contribution in [0.15, 0.2) is 42.5 Å². The largest absolute Gasteiger partial charge is 0.496 e. The highest BCUT2D eigenvalue weighted by Gasteiger charge is 2.12. The third-order valence-corrected chi connectivity index (χ3v) is 3.41. The quantitative estimate of drug-likeness (QED) is 0.918. The van der Waals surface area contributed by atoms with Gasteiger partial charge < -0.3 is 10.5 Å². The lowest BCUT2D eigenvalue weighted by Crippen LogP contribution is -2.14. The van der Waals surface area contributed by atoms with Crippen LogP contribution in [0, 0.1) is 6.92 Å². The maximum atomic E-state index is 6.28. The smallest absolute Gasteiger partial charge is 0.123 e. The number of hydrogen-bond donors (Lipinski definition) is 1. The Labute approximate surface area is 119 Å². The molecule has 1 unspecified atom stereocenters. The lowest BCUT2D eigenvalue weighted by atomic mass is 9.98. The van der Waals surface area contributed by atoms with Crippen molar-refractivity contribution >= 4 is 11.6 Å². The Morgan fingerprint density at radius 3 is 2.47 bits per heavy atom. The fraction of sp³-hybridized carbons (Fsp3) is 0.250. The van der Waals surface area contributed by atoms with E-state index in [9.17, 15) is 0 Å². The summed E-state index contributed by atoms with van der Waals surface area (Å²) in [5.41, 5.74) is 9.64. The normalized spacial score (nSPS) is 12.2. The molecule has 0 saturated heterocycles. The molecule has 0 amide bonds. The molecule has 0 aromatic heterocycles. The van der Waals surface area contributed by atoms with Crippen molar-refractivity contribution in [2.45, 2.75) is 19.4 Å². The maximum absolute atomic E-state index is 6.28. The van der Waals surface area contributed by atoms with Gasteiger partial charge >= 0.3 is 0 Å². The molecular formula is C16H18ClNO. The van der Waals surface area contributed by atoms with Gasteiger partial charge in [0.1, 0.15) is 5.75 Å². The second-order valence-corrected chi connectivity index (χ2v) is 5.12. The number of aryl methyl sites for hydroxylation is 1. The average molecular weight is 276 g/mol. The number of nitrogens with two attached hydrogens (primary N) is 1. The Balaban J connectivity index is 2.19. The first-order valence-electron chi connectivity index (χ1n) is 6.24. The molecule has 2 N–H and O–H groups in total. The molecule has 0 spiro atoms. The molecule has 1 atom stereocenters. The number of benzene rings is 2. The highest BCUT2D eigenvalue weighted by atomic mass is 35.5. The van der Waals surface area contributed by atoms with Crippen LogP contribution in [-0.2, 0) is 6.42 Å². The summed E-state index contributed by atoms with van der Waals surface area (Å²) in [7, 11) is 1.67. The van der Waals surface area contributed by atoms with E-state index in [1.54, 1.807) is 7.11 Å². The van der Waals surface area contributed by atoms with Crippen molar-refractivity contribution in [1.29, 1.82) is 0 Å². The van der Waals surface area contributed by atoms with E-state index in [2.05, 4.69) is 6.07 Å². The molecule has 0 heterocycles. The molecule has 100 valence electrons. The molecule has 0 saturated carbocycles. The third kappa shape index (κ3) is 3.49. The summed E-state index contributed by atoms with van der Waals surface area (Å²) in [5.74, 6) is 0.849. The zero-order valence-corrected chi connectivity index (χ0v) is 11.9. The Morgan fingerprint density at radius 2 is 1.84 bits per heavy atom. The molecule has 2 nitrogen and oxygen atoms in total. The van der Waals surface area contributed by atoms with Gasteiger partial charge in [-0.25, -0.2) is 0 Å². The van der Waals surface area contributed by atoms with E-state index < -0.39 is 0 Å². The van der Waals surface area contributed by atoms with Gasteiger partial charge in [-0.3, -0.25) is 0 Å². The second-order valence-electron chi connectivity index (χ2n) is 4.68. The predicted molar refractivity (Wildman–Crippen MR) is 79.8 cm³/mol. The molecule has 0 bridgehead atoms. The lowest BCUT2D eigenvalue weighted by Gasteiger charge is -2.16. The van der Waals surface area contributed by atoms with Crippen LogP contribution in [0.3, 0.4) is 0 Å². The van der Waals surface area contributed by atoms with E-state index in [0.29, 0.717) is 0 Å². The van der Waals surface area contributed by atoms with E-state index in [4.69, 9.17) is 22.1 Å². The van der Waals surface area contributed by atoms with Crippen molar-refractivity contribution in [3.63, 3.8) is 0 Å². The predicted octanol–water partition coefficient (Wildman–Crippen LogP) is 3.90. The van der Waals surface area contributed by atoms with E-state index in [-0.39, 0.29) is 6.04 Å². The zero-order chi connectivity index (χ0) is 13.8. The molecule has 19 heavy (non-hydrogen) atoms. The standard InChI is InChI=1S/C16H18ClNO/c1-11-3-8-14(16(9-11)19-2)15(18)10-12-4-6-13(17)7-5-12/h3-9,15H,10,18H2,1-2H3. The van der Waals surface area contributed by atoms with Crippen LogP contribution in [0.5, 0.6) is 5.75 Å². The van der Waals surface area contributed by atoms with Crippen molar-refractivity contribution in [1.82, 2.24) is 0 Å². The topological polar surface area (TPSA) is 35.2 Å². The fourth-order valence-corrected chi connectivity index (χ4v) is 2.24. The van der Waals surface area contributed by atoms with E-state index in [1.807, 2.05) is 43.3 Å². The number of rotatable bonds is 4. The maximum Gasteiger partial charge on any atom is 0.123 e. The van der Waals surface area contributed by atoms with Gasteiger partial charge in [0, 0.05) is 16.6 Å². The fourth-order valence-electron chi connectivity index (χ4n) is 2.11. The highest BCUT2D eigenvalue weighted by Crippen LogP contribution is 2.27. The van der Waals surface area contributed by atoms with Crippen LogP contribution in [0.4, 0.5) is 0 Å². The average Bonchev–Trinajstić information content (AvgIpc) is 2.41. The molecule has 0 fully saturated rings. The summed E-state index contributed by atoms with van der Waals surface area (Å²) >= 11 is 5.88. The monoisotopic (exact) mass is 275 g/mol. The van der Waals surface area contributed by atoms with E-state index >= 15 is 0 Å². The number of hydrogen-bond acceptors (Lipinski definition) is 2. The number of halogens is 1. The van der Waals surface area contributed by atoms with E-state index in [1.165, 1.54) is 11.1 Å². The minimum atomic E-state index is -0.0864. The van der Waals surface area contributed by atoms with Crippen LogP contribution in [0.25, 0.3) is 0 Å². The zero-order valence-electron chi connectivity index (χ0n) is 11.2. The Bertz CT molecular complexity index is 551. The summed E-state index contributed by atoms with van der Waals surface area (Å²) in [5, 5.41) is 0.741. The summed E-state index contributed by atoms with van der Waals surface area (Å²) in [6.45, 7) is 2.04. The van der Waals surface area contributed by atoms with Crippen LogP contribution in [-0.4, -0.2) is 7.11 Å². The van der Waals surface area contributed by atoms with Gasteiger partial charge in [-0.15, -0.1) is 0 Å². The first-order valence-corrected chi connectivity index (χ1v) is 6.62. The Morgan fingerprint density at radius 1 is 1.16 bits per heavy atom. The third-order valence-electron chi connectivity index (χ3n) is 3.16. The Kier molecular flexibility index (Phi) is 4.46. The van der Waals surface area contributed by atoms with Gasteiger partial charge in [-0.1, -0.05) is 35.9 Å². The molecule has 2 aromatic rings. The minimum absolute atomic E-state index is 0.0864. The summed E-state index contributed by atoms with van der Waals surface area (Å²) in [4.78, 5) is 0. The first-order chi connectivity index (χ1) is 9.10. The minimum Gasteiger partial charge on any atom is -0.496 e. The molecule has 0 radical (unpaired) electrons. The van der Waals surface area contributed by atoms with Crippen molar-refractivity contribution < 1.29 is 4.74 Å². The molecule has 0 aliphatic rings. The van der Waals surface area contributed by atoms with Crippen LogP contribution >= 0.6 is 11.6 Å². The van der Waals surface area contributed by atoms with Crippen molar-refractivity contribution in [3.05, 3.63) is 64.2 Å². The van der Waals surface area contributed by atoms with Gasteiger partial charge in [-0.05, 0) is 42.7 Å². The van der Waals surface area contributed by atoms with Crippen molar-refractivity contribution in [3.8, 4) is 5.75 Å². The molecular weight excluding hydrogens is 258 g/mol. The SMILES string of the molecule is COc1cc(C)ccc1C(N)Cc1ccc(Cl)cc1. The van der Waals surface area contributed by atoms with Crippen LogP contribution in [0.1, 0.15) is 22.7 Å². The highest BCUT2D eigenvalue weighted by molar-refractivity contribution is 6.30. The van der Waals surface area contributed by atoms with E-state index in [0.717, 1.165) is 22.8 Å². The summed E-state index contributed by atoms with van der Waals surface area (Å²) in [6, 6.07) is 13.8. The van der Waals surface area contributed by atoms with Gasteiger partial charge in [0.2, 0.25) is 0 Å². The Hall–Kier alpha value is -1.51. The van der Waals surface area contributed by atoms with Crippen LogP contribution in [0.2, 0.25) is 5.02 Å². The summed E-state index contributed by atoms with van der Waals surface area (Å²) < 4.78 is 5.40. The van der Waals surface area contributed by atoms with Gasteiger partial charge in [0.25, 0.3) is 0 Å². The van der Waals surface area contributed by atoms with Gasteiger partial charge in [-0.2, -0.15) is 0 Å². The molecule has 3 heteroatoms. The molecule has 0 aliphatic carbocycles. The van der Waals surface area contributed by atoms with Crippen LogP contribution < -0.4 is 10.5 Å². The lowest BCUT2D eigenvalue weighted by molar-refractivity contribution is 0.405. The molecule has 2 aromatic carbocycles. The van der Waals surface area contributed by atoms with Gasteiger partial charge in [0.05, 0.1) is 7.11 Å². The van der Waals surface area contributed by atoms with Crippen molar-refractivity contribution in [2.24, 2.45) is 5.73 Å².